The molecular formula is C19H19N3O3S. The number of aromatic nitrogens is 2. The van der Waals surface area contributed by atoms with Crippen LogP contribution in [0.1, 0.15) is 35.0 Å². The van der Waals surface area contributed by atoms with Crippen LogP contribution in [0.15, 0.2) is 56.4 Å². The summed E-state index contributed by atoms with van der Waals surface area (Å²) in [5.41, 5.74) is 0.774. The van der Waals surface area contributed by atoms with Crippen LogP contribution in [0.3, 0.4) is 0 Å². The van der Waals surface area contributed by atoms with Gasteiger partial charge in [-0.05, 0) is 43.4 Å². The van der Waals surface area contributed by atoms with Crippen LogP contribution < -0.4 is 0 Å². The molecule has 0 N–H and O–H groups in total. The Morgan fingerprint density at radius 1 is 1.15 bits per heavy atom. The zero-order valence-electron chi connectivity index (χ0n) is 14.4. The Kier molecular flexibility index (Phi) is 4.79. The van der Waals surface area contributed by atoms with Gasteiger partial charge in [0.15, 0.2) is 5.76 Å². The van der Waals surface area contributed by atoms with Crippen molar-refractivity contribution < 1.29 is 13.6 Å². The Morgan fingerprint density at radius 3 is 2.69 bits per heavy atom. The lowest BCUT2D eigenvalue weighted by molar-refractivity contribution is 0.0703. The molecule has 0 aliphatic carbocycles. The van der Waals surface area contributed by atoms with Gasteiger partial charge in [-0.15, -0.1) is 22.0 Å². The second-order valence-electron chi connectivity index (χ2n) is 6.19. The smallest absolute Gasteiger partial charge is 0.283 e. The molecule has 6 nitrogen and oxygen atoms in total. The van der Waals surface area contributed by atoms with Crippen LogP contribution in [0.25, 0.3) is 11.7 Å². The number of carbonyl (C=O) groups excluding carboxylic acids is 1. The van der Waals surface area contributed by atoms with Gasteiger partial charge < -0.3 is 13.7 Å². The van der Waals surface area contributed by atoms with Crippen molar-refractivity contribution >= 4 is 17.7 Å². The van der Waals surface area contributed by atoms with Crippen LogP contribution in [0, 0.1) is 0 Å². The topological polar surface area (TPSA) is 72.4 Å². The van der Waals surface area contributed by atoms with E-state index in [1.165, 1.54) is 0 Å². The van der Waals surface area contributed by atoms with Gasteiger partial charge >= 0.3 is 0 Å². The third-order valence-corrected chi connectivity index (χ3v) is 5.44. The van der Waals surface area contributed by atoms with E-state index in [1.807, 2.05) is 35.4 Å². The zero-order chi connectivity index (χ0) is 17.9. The standard InChI is InChI=1S/C19H19N3O3S/c1-26-16-7-3-2-5-14(16)19(23)22-10-8-13(9-11-22)17-20-21-18(25-17)15-6-4-12-24-15/h2-7,12-13H,8-11H2,1H3. The Bertz CT molecular complexity index is 883. The van der Waals surface area contributed by atoms with Gasteiger partial charge in [-0.1, -0.05) is 12.1 Å². The van der Waals surface area contributed by atoms with Gasteiger partial charge in [0.05, 0.1) is 11.8 Å². The monoisotopic (exact) mass is 369 g/mol. The second-order valence-corrected chi connectivity index (χ2v) is 7.04. The summed E-state index contributed by atoms with van der Waals surface area (Å²) in [6, 6.07) is 11.3. The number of rotatable bonds is 4. The van der Waals surface area contributed by atoms with E-state index in [4.69, 9.17) is 8.83 Å². The Balaban J connectivity index is 1.42. The molecule has 0 atom stereocenters. The van der Waals surface area contributed by atoms with Crippen LogP contribution in [-0.4, -0.2) is 40.3 Å². The SMILES string of the molecule is CSc1ccccc1C(=O)N1CCC(c2nnc(-c3ccco3)o2)CC1. The quantitative estimate of drug-likeness (QED) is 0.646. The Labute approximate surface area is 155 Å². The first-order valence-electron chi connectivity index (χ1n) is 8.56. The number of hydrogen-bond acceptors (Lipinski definition) is 6. The molecule has 134 valence electrons. The van der Waals surface area contributed by atoms with E-state index in [0.717, 1.165) is 23.3 Å². The third kappa shape index (κ3) is 3.26. The summed E-state index contributed by atoms with van der Waals surface area (Å²) < 4.78 is 11.1. The van der Waals surface area contributed by atoms with Gasteiger partial charge in [-0.2, -0.15) is 0 Å². The minimum atomic E-state index is 0.0928. The largest absolute Gasteiger partial charge is 0.459 e. The van der Waals surface area contributed by atoms with Crippen molar-refractivity contribution in [2.24, 2.45) is 0 Å². The highest BCUT2D eigenvalue weighted by atomic mass is 32.2. The highest BCUT2D eigenvalue weighted by Gasteiger charge is 2.29. The molecule has 0 bridgehead atoms. The van der Waals surface area contributed by atoms with Crippen molar-refractivity contribution in [3.05, 3.63) is 54.1 Å². The summed E-state index contributed by atoms with van der Waals surface area (Å²) in [6.45, 7) is 1.37. The van der Waals surface area contributed by atoms with Crippen molar-refractivity contribution in [3.8, 4) is 11.7 Å². The first kappa shape index (κ1) is 16.9. The molecule has 1 saturated heterocycles. The van der Waals surface area contributed by atoms with Crippen LogP contribution in [0.2, 0.25) is 0 Å². The summed E-state index contributed by atoms with van der Waals surface area (Å²) in [6.07, 6.45) is 5.19. The number of benzene rings is 1. The molecular weight excluding hydrogens is 350 g/mol. The molecule has 7 heteroatoms. The second kappa shape index (κ2) is 7.37. The molecule has 1 aliphatic rings. The molecule has 2 aromatic heterocycles. The van der Waals surface area contributed by atoms with Crippen molar-refractivity contribution in [2.45, 2.75) is 23.7 Å². The molecule has 1 amide bonds. The van der Waals surface area contributed by atoms with E-state index in [-0.39, 0.29) is 11.8 Å². The maximum atomic E-state index is 12.8. The van der Waals surface area contributed by atoms with Gasteiger partial charge in [-0.25, -0.2) is 0 Å². The van der Waals surface area contributed by atoms with Crippen molar-refractivity contribution in [2.75, 3.05) is 19.3 Å². The molecule has 26 heavy (non-hydrogen) atoms. The highest BCUT2D eigenvalue weighted by molar-refractivity contribution is 7.98. The first-order valence-corrected chi connectivity index (χ1v) is 9.78. The third-order valence-electron chi connectivity index (χ3n) is 4.64. The van der Waals surface area contributed by atoms with E-state index in [9.17, 15) is 4.79 Å². The fraction of sp³-hybridized carbons (Fsp3) is 0.316. The number of carbonyl (C=O) groups is 1. The van der Waals surface area contributed by atoms with Crippen molar-refractivity contribution in [1.29, 1.82) is 0 Å². The van der Waals surface area contributed by atoms with Crippen LogP contribution in [0.4, 0.5) is 0 Å². The molecule has 4 rings (SSSR count). The van der Waals surface area contributed by atoms with E-state index >= 15 is 0 Å². The Hall–Kier alpha value is -2.54. The molecule has 0 spiro atoms. The average Bonchev–Trinajstić information content (AvgIpc) is 3.39. The van der Waals surface area contributed by atoms with Gasteiger partial charge in [0.1, 0.15) is 0 Å². The van der Waals surface area contributed by atoms with E-state index in [0.29, 0.717) is 30.6 Å². The summed E-state index contributed by atoms with van der Waals surface area (Å²) in [5, 5.41) is 8.23. The molecule has 1 aliphatic heterocycles. The van der Waals surface area contributed by atoms with E-state index in [2.05, 4.69) is 10.2 Å². The number of piperidine rings is 1. The lowest BCUT2D eigenvalue weighted by atomic mass is 9.96. The lowest BCUT2D eigenvalue weighted by Gasteiger charge is -2.30. The van der Waals surface area contributed by atoms with E-state index < -0.39 is 0 Å². The molecule has 1 aromatic carbocycles. The van der Waals surface area contributed by atoms with Gasteiger partial charge in [0.25, 0.3) is 11.8 Å². The number of thioether (sulfide) groups is 1. The minimum absolute atomic E-state index is 0.0928. The zero-order valence-corrected chi connectivity index (χ0v) is 15.2. The maximum absolute atomic E-state index is 12.8. The van der Waals surface area contributed by atoms with Crippen molar-refractivity contribution in [1.82, 2.24) is 15.1 Å². The molecule has 3 heterocycles. The molecule has 0 radical (unpaired) electrons. The Morgan fingerprint density at radius 2 is 1.96 bits per heavy atom. The van der Waals surface area contributed by atoms with Gasteiger partial charge in [0.2, 0.25) is 5.89 Å². The van der Waals surface area contributed by atoms with Crippen molar-refractivity contribution in [3.63, 3.8) is 0 Å². The summed E-state index contributed by atoms with van der Waals surface area (Å²) in [4.78, 5) is 15.8. The number of likely N-dealkylation sites (tertiary alicyclic amines) is 1. The van der Waals surface area contributed by atoms with Crippen LogP contribution in [0.5, 0.6) is 0 Å². The summed E-state index contributed by atoms with van der Waals surface area (Å²) in [7, 11) is 0. The predicted molar refractivity (Wildman–Crippen MR) is 98.1 cm³/mol. The molecule has 0 saturated carbocycles. The van der Waals surface area contributed by atoms with Crippen LogP contribution in [-0.2, 0) is 0 Å². The number of amides is 1. The molecule has 3 aromatic rings. The minimum Gasteiger partial charge on any atom is -0.459 e. The van der Waals surface area contributed by atoms with Gasteiger partial charge in [-0.3, -0.25) is 4.79 Å². The van der Waals surface area contributed by atoms with E-state index in [1.54, 1.807) is 30.2 Å². The predicted octanol–water partition coefficient (Wildman–Crippen LogP) is 4.07. The first-order chi connectivity index (χ1) is 12.8. The summed E-state index contributed by atoms with van der Waals surface area (Å²) >= 11 is 1.60. The fourth-order valence-corrected chi connectivity index (χ4v) is 3.81. The number of furan rings is 1. The lowest BCUT2D eigenvalue weighted by Crippen LogP contribution is -2.38. The fourth-order valence-electron chi connectivity index (χ4n) is 3.22. The van der Waals surface area contributed by atoms with Gasteiger partial charge in [0, 0.05) is 23.9 Å². The highest BCUT2D eigenvalue weighted by Crippen LogP contribution is 2.31. The molecule has 0 unspecified atom stereocenters. The molecule has 1 fully saturated rings. The normalized spacial score (nSPS) is 15.3. The maximum Gasteiger partial charge on any atom is 0.283 e. The van der Waals surface area contributed by atoms with Crippen LogP contribution >= 0.6 is 11.8 Å². The average molecular weight is 369 g/mol. The summed E-state index contributed by atoms with van der Waals surface area (Å²) in [5.74, 6) is 1.86. The number of nitrogens with zero attached hydrogens (tertiary/aromatic N) is 3. The number of hydrogen-bond donors (Lipinski definition) is 0.